The minimum Gasteiger partial charge on any atom is -0.423 e. The maximum atomic E-state index is 9.47. The second kappa shape index (κ2) is 3.36. The van der Waals surface area contributed by atoms with Crippen LogP contribution in [-0.2, 0) is 0 Å². The van der Waals surface area contributed by atoms with Crippen LogP contribution in [0, 0.1) is 6.92 Å². The van der Waals surface area contributed by atoms with Crippen LogP contribution >= 0.6 is 0 Å². The van der Waals surface area contributed by atoms with Crippen LogP contribution in [0.3, 0.4) is 0 Å². The van der Waals surface area contributed by atoms with Gasteiger partial charge in [-0.05, 0) is 6.07 Å². The van der Waals surface area contributed by atoms with E-state index in [9.17, 15) is 5.11 Å². The number of aromatic nitrogens is 2. The first-order valence-corrected chi connectivity index (χ1v) is 4.32. The van der Waals surface area contributed by atoms with Gasteiger partial charge in [-0.25, -0.2) is 9.97 Å². The van der Waals surface area contributed by atoms with Crippen molar-refractivity contribution in [2.75, 3.05) is 6.54 Å². The van der Waals surface area contributed by atoms with Gasteiger partial charge < -0.3 is 15.3 Å². The molecule has 1 unspecified atom stereocenters. The number of aliphatic hydroxyl groups excluding tert-OH is 1. The SMILES string of the molecule is Cc1nc2cc(C(O)CN)cnc2o1. The zero-order chi connectivity index (χ0) is 10.1. The Bertz CT molecular complexity index is 452. The van der Waals surface area contributed by atoms with Gasteiger partial charge in [0.2, 0.25) is 5.71 Å². The molecule has 2 rings (SSSR count). The van der Waals surface area contributed by atoms with Crippen molar-refractivity contribution in [2.45, 2.75) is 13.0 Å². The summed E-state index contributed by atoms with van der Waals surface area (Å²) in [5.41, 5.74) is 7.12. The second-order valence-corrected chi connectivity index (χ2v) is 3.08. The third-order valence-corrected chi connectivity index (χ3v) is 1.98. The number of aliphatic hydroxyl groups is 1. The highest BCUT2D eigenvalue weighted by Gasteiger charge is 2.09. The van der Waals surface area contributed by atoms with Gasteiger partial charge in [0.25, 0.3) is 0 Å². The van der Waals surface area contributed by atoms with Crippen molar-refractivity contribution in [3.63, 3.8) is 0 Å². The topological polar surface area (TPSA) is 85.2 Å². The Balaban J connectivity index is 2.50. The molecule has 5 heteroatoms. The molecule has 0 amide bonds. The highest BCUT2D eigenvalue weighted by atomic mass is 16.4. The van der Waals surface area contributed by atoms with Crippen LogP contribution in [0.25, 0.3) is 11.2 Å². The van der Waals surface area contributed by atoms with Gasteiger partial charge in [-0.2, -0.15) is 0 Å². The van der Waals surface area contributed by atoms with Crippen LogP contribution in [0.1, 0.15) is 17.6 Å². The number of nitrogens with two attached hydrogens (primary N) is 1. The number of nitrogens with zero attached hydrogens (tertiary/aromatic N) is 2. The zero-order valence-corrected chi connectivity index (χ0v) is 7.77. The molecule has 0 bridgehead atoms. The minimum atomic E-state index is -0.691. The fourth-order valence-electron chi connectivity index (χ4n) is 1.27. The number of aryl methyl sites for hydroxylation is 1. The molecule has 0 radical (unpaired) electrons. The quantitative estimate of drug-likeness (QED) is 0.726. The lowest BCUT2D eigenvalue weighted by molar-refractivity contribution is 0.186. The number of hydrogen-bond donors (Lipinski definition) is 2. The van der Waals surface area contributed by atoms with Gasteiger partial charge in [0, 0.05) is 25.2 Å². The zero-order valence-electron chi connectivity index (χ0n) is 7.77. The maximum Gasteiger partial charge on any atom is 0.246 e. The highest BCUT2D eigenvalue weighted by Crippen LogP contribution is 2.17. The Morgan fingerprint density at radius 1 is 1.64 bits per heavy atom. The molecule has 1 atom stereocenters. The van der Waals surface area contributed by atoms with E-state index in [0.29, 0.717) is 22.7 Å². The fourth-order valence-corrected chi connectivity index (χ4v) is 1.27. The predicted molar refractivity (Wildman–Crippen MR) is 50.6 cm³/mol. The van der Waals surface area contributed by atoms with E-state index in [1.807, 2.05) is 0 Å². The first-order chi connectivity index (χ1) is 6.70. The summed E-state index contributed by atoms with van der Waals surface area (Å²) in [6, 6.07) is 1.73. The molecule has 0 aliphatic rings. The number of rotatable bonds is 2. The molecule has 2 heterocycles. The van der Waals surface area contributed by atoms with Gasteiger partial charge in [0.1, 0.15) is 5.52 Å². The van der Waals surface area contributed by atoms with Gasteiger partial charge in [-0.3, -0.25) is 0 Å². The summed E-state index contributed by atoms with van der Waals surface area (Å²) in [5.74, 6) is 0.562. The van der Waals surface area contributed by atoms with Crippen LogP contribution in [-0.4, -0.2) is 21.6 Å². The summed E-state index contributed by atoms with van der Waals surface area (Å²) in [7, 11) is 0. The van der Waals surface area contributed by atoms with E-state index >= 15 is 0 Å². The van der Waals surface area contributed by atoms with Crippen molar-refractivity contribution in [2.24, 2.45) is 5.73 Å². The fraction of sp³-hybridized carbons (Fsp3) is 0.333. The monoisotopic (exact) mass is 193 g/mol. The molecule has 74 valence electrons. The van der Waals surface area contributed by atoms with Crippen molar-refractivity contribution in [3.05, 3.63) is 23.7 Å². The average Bonchev–Trinajstić information content (AvgIpc) is 2.55. The molecule has 0 aromatic carbocycles. The lowest BCUT2D eigenvalue weighted by atomic mass is 10.1. The van der Waals surface area contributed by atoms with E-state index in [-0.39, 0.29) is 6.54 Å². The number of hydrogen-bond acceptors (Lipinski definition) is 5. The second-order valence-electron chi connectivity index (χ2n) is 3.08. The predicted octanol–water partition coefficient (Wildman–Crippen LogP) is 0.523. The summed E-state index contributed by atoms with van der Waals surface area (Å²) in [5, 5.41) is 9.47. The summed E-state index contributed by atoms with van der Waals surface area (Å²) >= 11 is 0. The molecule has 0 saturated carbocycles. The van der Waals surface area contributed by atoms with Crippen LogP contribution < -0.4 is 5.73 Å². The molecule has 0 fully saturated rings. The first kappa shape index (κ1) is 9.11. The highest BCUT2D eigenvalue weighted by molar-refractivity contribution is 5.68. The van der Waals surface area contributed by atoms with E-state index in [1.165, 1.54) is 0 Å². The average molecular weight is 193 g/mol. The van der Waals surface area contributed by atoms with Crippen molar-refractivity contribution in [1.82, 2.24) is 9.97 Å². The van der Waals surface area contributed by atoms with Gasteiger partial charge in [0.15, 0.2) is 5.89 Å². The normalized spacial score (nSPS) is 13.4. The number of pyridine rings is 1. The lowest BCUT2D eigenvalue weighted by Crippen LogP contribution is -2.11. The molecule has 2 aromatic heterocycles. The van der Waals surface area contributed by atoms with Gasteiger partial charge in [-0.1, -0.05) is 0 Å². The van der Waals surface area contributed by atoms with Crippen LogP contribution in [0.5, 0.6) is 0 Å². The van der Waals surface area contributed by atoms with Gasteiger partial charge in [0.05, 0.1) is 6.10 Å². The Kier molecular flexibility index (Phi) is 2.18. The smallest absolute Gasteiger partial charge is 0.246 e. The van der Waals surface area contributed by atoms with Crippen molar-refractivity contribution < 1.29 is 9.52 Å². The summed E-state index contributed by atoms with van der Waals surface area (Å²) in [6.07, 6.45) is 0.855. The van der Waals surface area contributed by atoms with Crippen molar-refractivity contribution >= 4 is 11.2 Å². The Labute approximate surface area is 80.6 Å². The molecular formula is C9H11N3O2. The summed E-state index contributed by atoms with van der Waals surface area (Å²) in [4.78, 5) is 8.14. The van der Waals surface area contributed by atoms with Crippen molar-refractivity contribution in [3.8, 4) is 0 Å². The Morgan fingerprint density at radius 2 is 2.43 bits per heavy atom. The standard InChI is InChI=1S/C9H11N3O2/c1-5-12-7-2-6(8(13)3-10)4-11-9(7)14-5/h2,4,8,13H,3,10H2,1H3. The summed E-state index contributed by atoms with van der Waals surface area (Å²) in [6.45, 7) is 1.92. The number of oxazole rings is 1. The van der Waals surface area contributed by atoms with Gasteiger partial charge in [-0.15, -0.1) is 0 Å². The minimum absolute atomic E-state index is 0.171. The first-order valence-electron chi connectivity index (χ1n) is 4.32. The molecule has 3 N–H and O–H groups in total. The molecule has 14 heavy (non-hydrogen) atoms. The van der Waals surface area contributed by atoms with Crippen LogP contribution in [0.15, 0.2) is 16.7 Å². The molecule has 0 spiro atoms. The van der Waals surface area contributed by atoms with E-state index < -0.39 is 6.10 Å². The van der Waals surface area contributed by atoms with Crippen LogP contribution in [0.2, 0.25) is 0 Å². The van der Waals surface area contributed by atoms with Gasteiger partial charge >= 0.3 is 0 Å². The Hall–Kier alpha value is -1.46. The van der Waals surface area contributed by atoms with E-state index in [2.05, 4.69) is 9.97 Å². The molecule has 0 saturated heterocycles. The lowest BCUT2D eigenvalue weighted by Gasteiger charge is -2.05. The van der Waals surface area contributed by atoms with Crippen LogP contribution in [0.4, 0.5) is 0 Å². The maximum absolute atomic E-state index is 9.47. The van der Waals surface area contributed by atoms with E-state index in [1.54, 1.807) is 19.2 Å². The third-order valence-electron chi connectivity index (χ3n) is 1.98. The van der Waals surface area contributed by atoms with E-state index in [0.717, 1.165) is 0 Å². The third kappa shape index (κ3) is 1.47. The molecule has 5 nitrogen and oxygen atoms in total. The molecule has 0 aliphatic carbocycles. The van der Waals surface area contributed by atoms with Crippen molar-refractivity contribution in [1.29, 1.82) is 0 Å². The summed E-state index contributed by atoms with van der Waals surface area (Å²) < 4.78 is 5.20. The van der Waals surface area contributed by atoms with E-state index in [4.69, 9.17) is 10.2 Å². The molecular weight excluding hydrogens is 182 g/mol. The number of fused-ring (bicyclic) bond motifs is 1. The largest absolute Gasteiger partial charge is 0.423 e. The molecule has 0 aliphatic heterocycles. The Morgan fingerprint density at radius 3 is 3.14 bits per heavy atom. The molecule has 2 aromatic rings.